The van der Waals surface area contributed by atoms with Crippen LogP contribution >= 0.6 is 7.94 Å². The van der Waals surface area contributed by atoms with Crippen LogP contribution < -0.4 is 0 Å². The summed E-state index contributed by atoms with van der Waals surface area (Å²) in [5.74, 6) is 0. The Kier molecular flexibility index (Phi) is 8.80. The zero-order valence-electron chi connectivity index (χ0n) is 9.21. The Morgan fingerprint density at radius 3 is 1.57 bits per heavy atom. The van der Waals surface area contributed by atoms with Gasteiger partial charge in [-0.1, -0.05) is 0 Å². The van der Waals surface area contributed by atoms with Gasteiger partial charge in [0.05, 0.1) is 0 Å². The molecule has 0 rings (SSSR count). The molecule has 0 radical (unpaired) electrons. The van der Waals surface area contributed by atoms with Crippen LogP contribution in [0, 0.1) is 0 Å². The molecule has 0 aromatic rings. The molecule has 0 heterocycles. The van der Waals surface area contributed by atoms with E-state index < -0.39 is 7.94 Å². The summed E-state index contributed by atoms with van der Waals surface area (Å²) in [4.78, 5) is 26.2. The molecule has 14 heavy (non-hydrogen) atoms. The van der Waals surface area contributed by atoms with Gasteiger partial charge in [0.15, 0.2) is 0 Å². The first-order chi connectivity index (χ1) is 6.56. The zero-order chi connectivity index (χ0) is 10.9. The number of rotatable bonds is 9. The molecular weight excluding hydrogens is 199 g/mol. The van der Waals surface area contributed by atoms with Crippen molar-refractivity contribution in [1.82, 2.24) is 0 Å². The average Bonchev–Trinajstić information content (AvgIpc) is 2.08. The molecule has 0 unspecified atom stereocenters. The number of hydrogen-bond acceptors (Lipinski definition) is 3. The minimum atomic E-state index is -3.74. The fourth-order valence-corrected chi connectivity index (χ4v) is 2.22. The fraction of sp³-hybridized carbons (Fsp3) is 1.00. The summed E-state index contributed by atoms with van der Waals surface area (Å²) in [5, 5.41) is 0. The van der Waals surface area contributed by atoms with E-state index in [1.54, 1.807) is 0 Å². The van der Waals surface area contributed by atoms with Crippen molar-refractivity contribution in [2.24, 2.45) is 0 Å². The topological polar surface area (TPSA) is 60.7 Å². The molecule has 0 spiro atoms. The third kappa shape index (κ3) is 12.3. The Hall–Kier alpha value is 0.310. The van der Waals surface area contributed by atoms with Crippen LogP contribution in [0.25, 0.3) is 0 Å². The summed E-state index contributed by atoms with van der Waals surface area (Å²) < 4.78 is 0. The molecule has 0 aliphatic rings. The molecule has 3 nitrogen and oxygen atoms in total. The zero-order valence-corrected chi connectivity index (χ0v) is 10.2. The van der Waals surface area contributed by atoms with E-state index >= 15 is 0 Å². The van der Waals surface area contributed by atoms with Crippen molar-refractivity contribution in [2.75, 3.05) is 6.16 Å². The van der Waals surface area contributed by atoms with Crippen molar-refractivity contribution in [3.63, 3.8) is 0 Å². The summed E-state index contributed by atoms with van der Waals surface area (Å²) in [7, 11) is -3.74. The molecule has 0 aromatic heterocycles. The van der Waals surface area contributed by atoms with Gasteiger partial charge in [0.25, 0.3) is 0 Å². The van der Waals surface area contributed by atoms with Gasteiger partial charge in [-0.15, -0.1) is 0 Å². The average molecular weight is 224 g/mol. The summed E-state index contributed by atoms with van der Waals surface area (Å²) in [5.41, 5.74) is 0. The molecule has 0 bridgehead atoms. The predicted molar refractivity (Wildman–Crippen MR) is 62.4 cm³/mol. The van der Waals surface area contributed by atoms with Gasteiger partial charge in [0.2, 0.25) is 0 Å². The molecule has 0 atom stereocenters. The van der Waals surface area contributed by atoms with E-state index in [0.29, 0.717) is 0 Å². The molecule has 0 amide bonds. The van der Waals surface area contributed by atoms with E-state index in [1.807, 2.05) is 0 Å². The molecule has 88 valence electrons. The third-order valence-electron chi connectivity index (χ3n) is 2.37. The Balaban J connectivity index is 2.99. The maximum atomic E-state index is 8.74. The first-order valence-corrected chi connectivity index (χ1v) is 7.78. The van der Waals surface area contributed by atoms with E-state index in [-0.39, 0.29) is 6.16 Å². The van der Waals surface area contributed by atoms with E-state index in [9.17, 15) is 0 Å². The van der Waals surface area contributed by atoms with Gasteiger partial charge in [-0.2, -0.15) is 0 Å². The molecule has 0 aliphatic heterocycles. The summed E-state index contributed by atoms with van der Waals surface area (Å²) in [6, 6.07) is 0. The second kappa shape index (κ2) is 8.60. The maximum absolute atomic E-state index is 8.74. The molecule has 0 saturated heterocycles. The van der Waals surface area contributed by atoms with Crippen molar-refractivity contribution in [3.8, 4) is 0 Å². The van der Waals surface area contributed by atoms with Crippen molar-refractivity contribution in [1.29, 1.82) is 0 Å². The van der Waals surface area contributed by atoms with Crippen LogP contribution in [0.2, 0.25) is 0 Å². The van der Waals surface area contributed by atoms with E-state index in [4.69, 9.17) is 14.7 Å². The van der Waals surface area contributed by atoms with Crippen LogP contribution in [0.1, 0.15) is 58.3 Å². The molecule has 0 fully saturated rings. The van der Waals surface area contributed by atoms with Gasteiger partial charge in [0.1, 0.15) is 0 Å². The monoisotopic (exact) mass is 224 g/mol. The van der Waals surface area contributed by atoms with Gasteiger partial charge < -0.3 is 0 Å². The first-order valence-electron chi connectivity index (χ1n) is 5.73. The van der Waals surface area contributed by atoms with Crippen molar-refractivity contribution >= 4 is 7.94 Å². The first kappa shape index (κ1) is 14.3. The molecular formula is C10H25O3P. The van der Waals surface area contributed by atoms with Crippen LogP contribution in [-0.2, 0) is 0 Å². The quantitative estimate of drug-likeness (QED) is 0.416. The standard InChI is InChI=1S/C10H25O3P/c1-2-3-4-5-6-7-8-9-10-14(11,12)13/h11-14H,2-10H2,1H3. The second-order valence-electron chi connectivity index (χ2n) is 4.00. The molecule has 0 aromatic carbocycles. The number of hydrogen-bond donors (Lipinski definition) is 3. The van der Waals surface area contributed by atoms with Crippen LogP contribution in [0.15, 0.2) is 0 Å². The van der Waals surface area contributed by atoms with E-state index in [0.717, 1.165) is 19.3 Å². The van der Waals surface area contributed by atoms with Crippen LogP contribution in [0.4, 0.5) is 0 Å². The summed E-state index contributed by atoms with van der Waals surface area (Å²) in [6.45, 7) is 2.20. The summed E-state index contributed by atoms with van der Waals surface area (Å²) in [6.07, 6.45) is 9.51. The van der Waals surface area contributed by atoms with Gasteiger partial charge in [-0.3, -0.25) is 0 Å². The van der Waals surface area contributed by atoms with Crippen LogP contribution in [0.5, 0.6) is 0 Å². The molecule has 4 heteroatoms. The second-order valence-corrected chi connectivity index (χ2v) is 6.05. The normalized spacial score (nSPS) is 13.1. The Labute approximate surface area is 87.8 Å². The molecule has 3 N–H and O–H groups in total. The minimum absolute atomic E-state index is 0.196. The number of unbranched alkanes of at least 4 members (excludes halogenated alkanes) is 7. The van der Waals surface area contributed by atoms with Crippen molar-refractivity contribution < 1.29 is 14.7 Å². The molecule has 0 saturated carbocycles. The van der Waals surface area contributed by atoms with Gasteiger partial charge in [0, 0.05) is 0 Å². The third-order valence-corrected chi connectivity index (χ3v) is 3.39. The van der Waals surface area contributed by atoms with E-state index in [1.165, 1.54) is 32.1 Å². The Morgan fingerprint density at radius 1 is 0.714 bits per heavy atom. The van der Waals surface area contributed by atoms with Crippen molar-refractivity contribution in [3.05, 3.63) is 0 Å². The predicted octanol–water partition coefficient (Wildman–Crippen LogP) is 2.60. The van der Waals surface area contributed by atoms with Crippen LogP contribution in [0.3, 0.4) is 0 Å². The fourth-order valence-electron chi connectivity index (χ4n) is 1.50. The SMILES string of the molecule is CCCCCCCCCC[PH](O)(O)O. The van der Waals surface area contributed by atoms with Gasteiger partial charge >= 0.3 is 87.1 Å². The summed E-state index contributed by atoms with van der Waals surface area (Å²) >= 11 is 0. The Morgan fingerprint density at radius 2 is 1.14 bits per heavy atom. The van der Waals surface area contributed by atoms with Gasteiger partial charge in [-0.05, 0) is 0 Å². The molecule has 0 aliphatic carbocycles. The van der Waals surface area contributed by atoms with Crippen LogP contribution in [-0.4, -0.2) is 20.8 Å². The van der Waals surface area contributed by atoms with Gasteiger partial charge in [-0.25, -0.2) is 0 Å². The van der Waals surface area contributed by atoms with Crippen molar-refractivity contribution in [2.45, 2.75) is 58.3 Å². The van der Waals surface area contributed by atoms with E-state index in [2.05, 4.69) is 6.92 Å². The Bertz CT molecular complexity index is 123.